The van der Waals surface area contributed by atoms with Gasteiger partial charge in [-0.2, -0.15) is 4.98 Å². The number of nitrogens with two attached hydrogens (primary N) is 1. The van der Waals surface area contributed by atoms with Crippen LogP contribution >= 0.6 is 27.3 Å². The highest BCUT2D eigenvalue weighted by Gasteiger charge is 2.17. The zero-order valence-electron chi connectivity index (χ0n) is 9.79. The second-order valence-corrected chi connectivity index (χ2v) is 6.41. The van der Waals surface area contributed by atoms with Gasteiger partial charge in [-0.1, -0.05) is 35.5 Å². The van der Waals surface area contributed by atoms with Crippen LogP contribution in [0.15, 0.2) is 50.8 Å². The second kappa shape index (κ2) is 5.24. The highest BCUT2D eigenvalue weighted by molar-refractivity contribution is 9.11. The summed E-state index contributed by atoms with van der Waals surface area (Å²) in [5.41, 5.74) is 7.06. The first-order valence-electron chi connectivity index (χ1n) is 5.64. The molecule has 0 saturated heterocycles. The molecule has 1 aromatic carbocycles. The van der Waals surface area contributed by atoms with Crippen molar-refractivity contribution in [3.8, 4) is 10.7 Å². The molecule has 0 spiro atoms. The molecule has 0 unspecified atom stereocenters. The maximum atomic E-state index is 6.11. The highest BCUT2D eigenvalue weighted by atomic mass is 79.9. The van der Waals surface area contributed by atoms with Gasteiger partial charge in [-0.15, -0.1) is 11.3 Å². The van der Waals surface area contributed by atoms with Crippen LogP contribution in [0.4, 0.5) is 0 Å². The van der Waals surface area contributed by atoms with Crippen molar-refractivity contribution in [2.24, 2.45) is 5.73 Å². The number of aromatic nitrogens is 2. The fraction of sp³-hybridized carbons (Fsp3) is 0.0769. The molecule has 0 aliphatic carbocycles. The minimum Gasteiger partial charge on any atom is -0.337 e. The summed E-state index contributed by atoms with van der Waals surface area (Å²) < 4.78 is 6.28. The predicted octanol–water partition coefficient (Wildman–Crippen LogP) is 3.61. The van der Waals surface area contributed by atoms with E-state index in [0.717, 1.165) is 14.2 Å². The summed E-state index contributed by atoms with van der Waals surface area (Å²) in [6, 6.07) is 13.2. The number of rotatable bonds is 3. The summed E-state index contributed by atoms with van der Waals surface area (Å²) in [5.74, 6) is 0.989. The third-order valence-corrected chi connectivity index (χ3v) is 4.28. The lowest BCUT2D eigenvalue weighted by molar-refractivity contribution is 0.367. The molecule has 3 aromatic rings. The Morgan fingerprint density at radius 1 is 1.16 bits per heavy atom. The number of halogens is 1. The van der Waals surface area contributed by atoms with E-state index < -0.39 is 6.04 Å². The molecular weight excluding hydrogens is 326 g/mol. The maximum Gasteiger partial charge on any atom is 0.248 e. The molecule has 0 aliphatic rings. The number of hydrogen-bond acceptors (Lipinski definition) is 5. The van der Waals surface area contributed by atoms with Crippen LogP contribution in [0, 0.1) is 0 Å². The predicted molar refractivity (Wildman–Crippen MR) is 77.8 cm³/mol. The number of benzene rings is 1. The molecule has 2 heterocycles. The van der Waals surface area contributed by atoms with Gasteiger partial charge < -0.3 is 10.3 Å². The van der Waals surface area contributed by atoms with Crippen LogP contribution in [0.1, 0.15) is 17.5 Å². The molecule has 19 heavy (non-hydrogen) atoms. The topological polar surface area (TPSA) is 64.9 Å². The van der Waals surface area contributed by atoms with E-state index in [4.69, 9.17) is 10.3 Å². The molecule has 2 N–H and O–H groups in total. The van der Waals surface area contributed by atoms with Gasteiger partial charge in [0.1, 0.15) is 6.04 Å². The van der Waals surface area contributed by atoms with Crippen molar-refractivity contribution < 1.29 is 4.52 Å². The van der Waals surface area contributed by atoms with Gasteiger partial charge in [-0.05, 0) is 33.6 Å². The normalized spacial score (nSPS) is 12.5. The third-order valence-electron chi connectivity index (χ3n) is 2.66. The van der Waals surface area contributed by atoms with Gasteiger partial charge in [-0.3, -0.25) is 0 Å². The zero-order valence-corrected chi connectivity index (χ0v) is 12.2. The Labute approximate surface area is 122 Å². The van der Waals surface area contributed by atoms with Crippen LogP contribution in [0.25, 0.3) is 10.7 Å². The second-order valence-electron chi connectivity index (χ2n) is 3.95. The zero-order chi connectivity index (χ0) is 13.2. The summed E-state index contributed by atoms with van der Waals surface area (Å²) in [6.07, 6.45) is 0. The Bertz CT molecular complexity index is 680. The van der Waals surface area contributed by atoms with Crippen LogP contribution in [-0.2, 0) is 0 Å². The lowest BCUT2D eigenvalue weighted by Crippen LogP contribution is -2.11. The summed E-state index contributed by atoms with van der Waals surface area (Å²) in [6.45, 7) is 0. The van der Waals surface area contributed by atoms with Crippen molar-refractivity contribution in [3.63, 3.8) is 0 Å². The van der Waals surface area contributed by atoms with E-state index in [0.29, 0.717) is 11.7 Å². The van der Waals surface area contributed by atoms with E-state index in [1.165, 1.54) is 0 Å². The quantitative estimate of drug-likeness (QED) is 0.794. The Balaban J connectivity index is 1.89. The molecule has 0 fully saturated rings. The lowest BCUT2D eigenvalue weighted by Gasteiger charge is -2.05. The Kier molecular flexibility index (Phi) is 3.46. The van der Waals surface area contributed by atoms with Crippen molar-refractivity contribution >= 4 is 27.3 Å². The third kappa shape index (κ3) is 2.60. The summed E-state index contributed by atoms with van der Waals surface area (Å²) in [7, 11) is 0. The van der Waals surface area contributed by atoms with Gasteiger partial charge >= 0.3 is 0 Å². The molecule has 96 valence electrons. The molecule has 2 aromatic heterocycles. The molecule has 0 bridgehead atoms. The van der Waals surface area contributed by atoms with Gasteiger partial charge in [-0.25, -0.2) is 0 Å². The molecule has 0 saturated carbocycles. The molecule has 0 amide bonds. The monoisotopic (exact) mass is 335 g/mol. The van der Waals surface area contributed by atoms with Gasteiger partial charge in [0, 0.05) is 0 Å². The van der Waals surface area contributed by atoms with Crippen molar-refractivity contribution in [1.29, 1.82) is 0 Å². The summed E-state index contributed by atoms with van der Waals surface area (Å²) >= 11 is 4.96. The van der Waals surface area contributed by atoms with Crippen LogP contribution in [0.2, 0.25) is 0 Å². The first-order valence-corrected chi connectivity index (χ1v) is 7.25. The standard InChI is InChI=1S/C13H10BrN3OS/c14-10-7-6-9(19-10)12-16-13(18-17-12)11(15)8-4-2-1-3-5-8/h1-7,11H,15H2/t11-/m0/s1. The van der Waals surface area contributed by atoms with E-state index in [1.54, 1.807) is 11.3 Å². The lowest BCUT2D eigenvalue weighted by atomic mass is 10.1. The van der Waals surface area contributed by atoms with Gasteiger partial charge in [0.25, 0.3) is 0 Å². The molecule has 6 heteroatoms. The smallest absolute Gasteiger partial charge is 0.248 e. The van der Waals surface area contributed by atoms with Crippen molar-refractivity contribution in [2.45, 2.75) is 6.04 Å². The highest BCUT2D eigenvalue weighted by Crippen LogP contribution is 2.30. The SMILES string of the molecule is N[C@@H](c1ccccc1)c1nc(-c2ccc(Br)s2)no1. The molecule has 0 radical (unpaired) electrons. The fourth-order valence-corrected chi connectivity index (χ4v) is 3.01. The van der Waals surface area contributed by atoms with E-state index in [-0.39, 0.29) is 0 Å². The summed E-state index contributed by atoms with van der Waals surface area (Å²) in [5, 5.41) is 3.97. The first-order chi connectivity index (χ1) is 9.24. The average molecular weight is 336 g/mol. The van der Waals surface area contributed by atoms with E-state index in [1.807, 2.05) is 42.5 Å². The van der Waals surface area contributed by atoms with E-state index in [9.17, 15) is 0 Å². The van der Waals surface area contributed by atoms with Gasteiger partial charge in [0.2, 0.25) is 11.7 Å². The molecule has 4 nitrogen and oxygen atoms in total. The van der Waals surface area contributed by atoms with Crippen LogP contribution in [-0.4, -0.2) is 10.1 Å². The van der Waals surface area contributed by atoms with Crippen LogP contribution in [0.5, 0.6) is 0 Å². The Hall–Kier alpha value is -1.50. The molecule has 1 atom stereocenters. The first kappa shape index (κ1) is 12.5. The largest absolute Gasteiger partial charge is 0.337 e. The van der Waals surface area contributed by atoms with Crippen LogP contribution < -0.4 is 5.73 Å². The van der Waals surface area contributed by atoms with Gasteiger partial charge in [0.15, 0.2) is 0 Å². The van der Waals surface area contributed by atoms with E-state index in [2.05, 4.69) is 26.1 Å². The minimum atomic E-state index is -0.397. The minimum absolute atomic E-state index is 0.397. The number of hydrogen-bond donors (Lipinski definition) is 1. The average Bonchev–Trinajstić information content (AvgIpc) is 3.07. The number of nitrogens with zero attached hydrogens (tertiary/aromatic N) is 2. The van der Waals surface area contributed by atoms with Crippen molar-refractivity contribution in [1.82, 2.24) is 10.1 Å². The molecule has 3 rings (SSSR count). The Morgan fingerprint density at radius 2 is 1.95 bits per heavy atom. The molecule has 0 aliphatic heterocycles. The van der Waals surface area contributed by atoms with Crippen molar-refractivity contribution in [2.75, 3.05) is 0 Å². The fourth-order valence-electron chi connectivity index (χ4n) is 1.70. The Morgan fingerprint density at radius 3 is 2.63 bits per heavy atom. The van der Waals surface area contributed by atoms with E-state index >= 15 is 0 Å². The maximum absolute atomic E-state index is 6.11. The molecular formula is C13H10BrN3OS. The summed E-state index contributed by atoms with van der Waals surface area (Å²) in [4.78, 5) is 5.30. The van der Waals surface area contributed by atoms with Crippen molar-refractivity contribution in [3.05, 3.63) is 57.7 Å². The van der Waals surface area contributed by atoms with Gasteiger partial charge in [0.05, 0.1) is 8.66 Å². The number of thiophene rings is 1. The van der Waals surface area contributed by atoms with Crippen LogP contribution in [0.3, 0.4) is 0 Å².